The lowest BCUT2D eigenvalue weighted by Crippen LogP contribution is -2.26. The molecule has 0 bridgehead atoms. The molecule has 6 nitrogen and oxygen atoms in total. The Kier molecular flexibility index (Phi) is 4.02. The van der Waals surface area contributed by atoms with E-state index in [1.165, 1.54) is 12.8 Å². The van der Waals surface area contributed by atoms with Crippen LogP contribution in [0, 0.1) is 6.92 Å². The lowest BCUT2D eigenvalue weighted by molar-refractivity contribution is 0.104. The van der Waals surface area contributed by atoms with E-state index >= 15 is 0 Å². The number of carbonyl (C=O) groups is 1. The number of hydrogen-bond donors (Lipinski definition) is 2. The average molecular weight is 374 g/mol. The number of aromatic nitrogens is 2. The number of likely N-dealkylation sites (tertiary alicyclic amines) is 1. The number of phenolic OH excluding ortho intramolecular Hbond substituents is 1. The largest absolute Gasteiger partial charge is 0.508 e. The number of anilines is 1. The molecule has 2 N–H and O–H groups in total. The summed E-state index contributed by atoms with van der Waals surface area (Å²) in [5.74, 6) is 0.784. The van der Waals surface area contributed by atoms with Crippen molar-refractivity contribution in [3.63, 3.8) is 0 Å². The number of ketones is 1. The number of fused-ring (bicyclic) bond motifs is 5. The van der Waals surface area contributed by atoms with E-state index in [9.17, 15) is 9.90 Å². The Morgan fingerprint density at radius 1 is 1.14 bits per heavy atom. The van der Waals surface area contributed by atoms with Crippen LogP contribution in [0.15, 0.2) is 30.6 Å². The van der Waals surface area contributed by atoms with Gasteiger partial charge in [-0.1, -0.05) is 0 Å². The van der Waals surface area contributed by atoms with Crippen LogP contribution >= 0.6 is 0 Å². The number of nitrogens with one attached hydrogen (secondary N) is 1. The van der Waals surface area contributed by atoms with E-state index in [1.807, 2.05) is 13.0 Å². The number of benzene rings is 1. The fourth-order valence-electron chi connectivity index (χ4n) is 4.35. The first-order valence-corrected chi connectivity index (χ1v) is 9.76. The third kappa shape index (κ3) is 2.56. The zero-order valence-corrected chi connectivity index (χ0v) is 15.8. The van der Waals surface area contributed by atoms with Crippen LogP contribution in [-0.4, -0.2) is 51.9 Å². The summed E-state index contributed by atoms with van der Waals surface area (Å²) >= 11 is 0. The van der Waals surface area contributed by atoms with Crippen LogP contribution in [0.1, 0.15) is 34.3 Å². The standard InChI is InChI=1S/C22H22N4O2/c1-13-17(27)5-4-15-18-16-12-23-7-6-14(16)21(28)19(18)22(25-20(13)15)24-8-11-26-9-2-3-10-26/h4-7,12,27H,2-3,8-11H2,1H3,(H,24,25). The zero-order valence-electron chi connectivity index (χ0n) is 15.8. The smallest absolute Gasteiger partial charge is 0.198 e. The van der Waals surface area contributed by atoms with Gasteiger partial charge in [-0.05, 0) is 51.1 Å². The molecule has 142 valence electrons. The second kappa shape index (κ2) is 6.56. The van der Waals surface area contributed by atoms with Gasteiger partial charge in [-0.15, -0.1) is 0 Å². The van der Waals surface area contributed by atoms with Crippen molar-refractivity contribution < 1.29 is 9.90 Å². The highest BCUT2D eigenvalue weighted by Gasteiger charge is 2.33. The zero-order chi connectivity index (χ0) is 19.3. The third-order valence-corrected chi connectivity index (χ3v) is 5.86. The van der Waals surface area contributed by atoms with Crippen LogP contribution in [0.3, 0.4) is 0 Å². The summed E-state index contributed by atoms with van der Waals surface area (Å²) in [5, 5.41) is 14.4. The molecule has 1 aromatic carbocycles. The van der Waals surface area contributed by atoms with Crippen molar-refractivity contribution in [1.29, 1.82) is 0 Å². The summed E-state index contributed by atoms with van der Waals surface area (Å²) < 4.78 is 0. The molecule has 3 aromatic rings. The van der Waals surface area contributed by atoms with E-state index in [0.717, 1.165) is 42.7 Å². The van der Waals surface area contributed by atoms with Gasteiger partial charge in [0.15, 0.2) is 5.78 Å². The van der Waals surface area contributed by atoms with E-state index < -0.39 is 0 Å². The van der Waals surface area contributed by atoms with Crippen LogP contribution in [0.25, 0.3) is 22.0 Å². The molecule has 2 aliphatic rings. The molecule has 1 aliphatic heterocycles. The first-order chi connectivity index (χ1) is 13.6. The maximum atomic E-state index is 13.2. The monoisotopic (exact) mass is 374 g/mol. The van der Waals surface area contributed by atoms with Crippen LogP contribution in [0.2, 0.25) is 0 Å². The molecule has 1 saturated heterocycles. The van der Waals surface area contributed by atoms with Gasteiger partial charge in [0.05, 0.1) is 11.1 Å². The van der Waals surface area contributed by atoms with Crippen molar-refractivity contribution >= 4 is 22.5 Å². The van der Waals surface area contributed by atoms with Gasteiger partial charge in [0.2, 0.25) is 0 Å². The molecule has 0 atom stereocenters. The minimum atomic E-state index is -0.0174. The molecule has 1 aliphatic carbocycles. The van der Waals surface area contributed by atoms with Crippen molar-refractivity contribution in [2.45, 2.75) is 19.8 Å². The first-order valence-electron chi connectivity index (χ1n) is 9.76. The van der Waals surface area contributed by atoms with Gasteiger partial charge in [0, 0.05) is 53.1 Å². The van der Waals surface area contributed by atoms with Crippen molar-refractivity contribution in [2.24, 2.45) is 0 Å². The predicted octanol–water partition coefficient (Wildman–Crippen LogP) is 3.36. The van der Waals surface area contributed by atoms with Crippen molar-refractivity contribution in [1.82, 2.24) is 14.9 Å². The lowest BCUT2D eigenvalue weighted by atomic mass is 9.99. The first kappa shape index (κ1) is 17.1. The van der Waals surface area contributed by atoms with Gasteiger partial charge in [0.25, 0.3) is 0 Å². The normalized spacial score (nSPS) is 15.8. The van der Waals surface area contributed by atoms with Gasteiger partial charge >= 0.3 is 0 Å². The third-order valence-electron chi connectivity index (χ3n) is 5.86. The molecule has 28 heavy (non-hydrogen) atoms. The number of aromatic hydroxyl groups is 1. The Hall–Kier alpha value is -2.99. The van der Waals surface area contributed by atoms with Gasteiger partial charge in [-0.25, -0.2) is 4.98 Å². The molecule has 6 heteroatoms. The number of hydrogen-bond acceptors (Lipinski definition) is 6. The Labute approximate surface area is 163 Å². The van der Waals surface area contributed by atoms with Crippen LogP contribution in [0.5, 0.6) is 5.75 Å². The molecule has 5 rings (SSSR count). The van der Waals surface area contributed by atoms with Crippen LogP contribution < -0.4 is 5.32 Å². The summed E-state index contributed by atoms with van der Waals surface area (Å²) in [4.78, 5) is 24.6. The highest BCUT2D eigenvalue weighted by molar-refractivity contribution is 6.28. The molecule has 3 heterocycles. The topological polar surface area (TPSA) is 78.4 Å². The fraction of sp³-hybridized carbons (Fsp3) is 0.318. The highest BCUT2D eigenvalue weighted by Crippen LogP contribution is 2.44. The number of nitrogens with zero attached hydrogens (tertiary/aromatic N) is 3. The Bertz CT molecular complexity index is 1100. The van der Waals surface area contributed by atoms with Gasteiger partial charge in [-0.3, -0.25) is 9.78 Å². The van der Waals surface area contributed by atoms with E-state index in [-0.39, 0.29) is 11.5 Å². The second-order valence-corrected chi connectivity index (χ2v) is 7.54. The minimum Gasteiger partial charge on any atom is -0.508 e. The minimum absolute atomic E-state index is 0.0174. The summed E-state index contributed by atoms with van der Waals surface area (Å²) in [7, 11) is 0. The summed E-state index contributed by atoms with van der Waals surface area (Å²) in [6, 6.07) is 5.27. The summed E-state index contributed by atoms with van der Waals surface area (Å²) in [5.41, 5.74) is 4.40. The molecule has 2 aromatic heterocycles. The molecule has 0 unspecified atom stereocenters. The highest BCUT2D eigenvalue weighted by atomic mass is 16.3. The van der Waals surface area contributed by atoms with Crippen LogP contribution in [-0.2, 0) is 0 Å². The number of rotatable bonds is 4. The summed E-state index contributed by atoms with van der Waals surface area (Å²) in [6.07, 6.45) is 5.90. The van der Waals surface area contributed by atoms with Crippen LogP contribution in [0.4, 0.5) is 5.82 Å². The predicted molar refractivity (Wildman–Crippen MR) is 109 cm³/mol. The molecule has 0 radical (unpaired) electrons. The SMILES string of the molecule is Cc1c(O)ccc2c3c(c(NCCN4CCCC4)nc12)C(=O)c1ccncc1-3. The number of phenols is 1. The molecule has 0 amide bonds. The molecule has 0 spiro atoms. The number of pyridine rings is 2. The van der Waals surface area contributed by atoms with E-state index in [4.69, 9.17) is 4.98 Å². The molecule has 0 saturated carbocycles. The van der Waals surface area contributed by atoms with E-state index in [0.29, 0.717) is 28.0 Å². The van der Waals surface area contributed by atoms with E-state index in [1.54, 1.807) is 24.5 Å². The van der Waals surface area contributed by atoms with Crippen molar-refractivity contribution in [2.75, 3.05) is 31.5 Å². The lowest BCUT2D eigenvalue weighted by Gasteiger charge is -2.17. The van der Waals surface area contributed by atoms with Gasteiger partial charge < -0.3 is 15.3 Å². The van der Waals surface area contributed by atoms with Crippen molar-refractivity contribution in [3.05, 3.63) is 47.3 Å². The molecular formula is C22H22N4O2. The van der Waals surface area contributed by atoms with E-state index in [2.05, 4.69) is 15.2 Å². The maximum absolute atomic E-state index is 13.2. The Morgan fingerprint density at radius 2 is 1.96 bits per heavy atom. The summed E-state index contributed by atoms with van der Waals surface area (Å²) in [6.45, 7) is 5.77. The number of carbonyl (C=O) groups excluding carboxylic acids is 1. The van der Waals surface area contributed by atoms with Gasteiger partial charge in [-0.2, -0.15) is 0 Å². The second-order valence-electron chi connectivity index (χ2n) is 7.54. The van der Waals surface area contributed by atoms with Crippen molar-refractivity contribution in [3.8, 4) is 16.9 Å². The molecular weight excluding hydrogens is 352 g/mol. The fourth-order valence-corrected chi connectivity index (χ4v) is 4.35. The molecule has 1 fully saturated rings. The maximum Gasteiger partial charge on any atom is 0.198 e. The average Bonchev–Trinajstić information content (AvgIpc) is 3.32. The Morgan fingerprint density at radius 3 is 2.79 bits per heavy atom. The van der Waals surface area contributed by atoms with Gasteiger partial charge in [0.1, 0.15) is 11.6 Å². The Balaban J connectivity index is 1.64. The quantitative estimate of drug-likeness (QED) is 0.570. The number of aryl methyl sites for hydroxylation is 1.